The molecule has 3 nitrogen and oxygen atoms in total. The third-order valence-electron chi connectivity index (χ3n) is 7.70. The van der Waals surface area contributed by atoms with Crippen molar-refractivity contribution in [2.75, 3.05) is 7.11 Å². The van der Waals surface area contributed by atoms with Crippen LogP contribution in [-0.2, 0) is 4.57 Å². The summed E-state index contributed by atoms with van der Waals surface area (Å²) in [6, 6.07) is 42.2. The minimum Gasteiger partial charge on any atom is -0.497 e. The third-order valence-corrected chi connectivity index (χ3v) is 11.1. The molecular formula is C36H31O3P. The normalized spacial score (nSPS) is 14.4. The fourth-order valence-electron chi connectivity index (χ4n) is 5.68. The Labute approximate surface area is 236 Å². The van der Waals surface area contributed by atoms with Crippen molar-refractivity contribution in [1.29, 1.82) is 0 Å². The maximum atomic E-state index is 15.9. The maximum absolute atomic E-state index is 15.9. The Bertz CT molecular complexity index is 1670. The molecule has 0 aromatic heterocycles. The zero-order valence-corrected chi connectivity index (χ0v) is 23.8. The van der Waals surface area contributed by atoms with Gasteiger partial charge in [0.2, 0.25) is 0 Å². The molecule has 4 heteroatoms. The molecule has 1 aliphatic rings. The summed E-state index contributed by atoms with van der Waals surface area (Å²) in [7, 11) is -1.68. The third kappa shape index (κ3) is 4.37. The van der Waals surface area contributed by atoms with Crippen molar-refractivity contribution in [2.24, 2.45) is 0 Å². The van der Waals surface area contributed by atoms with Gasteiger partial charge in [0.05, 0.1) is 7.11 Å². The van der Waals surface area contributed by atoms with E-state index in [9.17, 15) is 0 Å². The minimum atomic E-state index is -3.33. The quantitative estimate of drug-likeness (QED) is 0.203. The first-order valence-corrected chi connectivity index (χ1v) is 15.2. The van der Waals surface area contributed by atoms with Gasteiger partial charge in [-0.15, -0.1) is 0 Å². The van der Waals surface area contributed by atoms with Gasteiger partial charge >= 0.3 is 0 Å². The first-order chi connectivity index (χ1) is 19.5. The lowest BCUT2D eigenvalue weighted by molar-refractivity contribution is 0.406. The van der Waals surface area contributed by atoms with E-state index >= 15 is 4.57 Å². The average Bonchev–Trinajstić information content (AvgIpc) is 3.38. The van der Waals surface area contributed by atoms with Crippen molar-refractivity contribution < 1.29 is 14.0 Å². The fourth-order valence-corrected chi connectivity index (χ4v) is 8.93. The zero-order valence-electron chi connectivity index (χ0n) is 22.9. The SMILES string of the molecule is COc1ccc2c(c1)OC(=C(c1ccccc1C)c1ccccc1C)C2P(=O)(c1ccccc1)c1ccccc1. The fraction of sp³-hybridized carbons (Fsp3) is 0.111. The molecule has 1 unspecified atom stereocenters. The Hall–Kier alpha value is -4.33. The average molecular weight is 543 g/mol. The standard InChI is InChI=1S/C36H31O3P/c1-25-14-10-12-20-30(25)34(31-21-13-11-15-26(31)2)35-36(32-23-22-27(38-3)24-33(32)39-35)40(37,28-16-6-4-7-17-28)29-18-8-5-9-19-29/h4-24,36H,1-3H3. The lowest BCUT2D eigenvalue weighted by Crippen LogP contribution is -2.22. The molecule has 0 fully saturated rings. The number of methoxy groups -OCH3 is 1. The predicted octanol–water partition coefficient (Wildman–Crippen LogP) is 8.22. The first kappa shape index (κ1) is 25.9. The van der Waals surface area contributed by atoms with Gasteiger partial charge in [0.1, 0.15) is 22.9 Å². The molecule has 40 heavy (non-hydrogen) atoms. The van der Waals surface area contributed by atoms with Crippen LogP contribution in [0.5, 0.6) is 11.5 Å². The van der Waals surface area contributed by atoms with Crippen LogP contribution in [0, 0.1) is 13.8 Å². The summed E-state index contributed by atoms with van der Waals surface area (Å²) in [5, 5.41) is 1.59. The molecule has 0 saturated heterocycles. The number of aryl methyl sites for hydroxylation is 2. The van der Waals surface area contributed by atoms with Crippen molar-refractivity contribution in [1.82, 2.24) is 0 Å². The number of ether oxygens (including phenoxy) is 2. The van der Waals surface area contributed by atoms with Gasteiger partial charge in [-0.25, -0.2) is 0 Å². The van der Waals surface area contributed by atoms with E-state index in [0.29, 0.717) is 17.3 Å². The summed E-state index contributed by atoms with van der Waals surface area (Å²) in [5.74, 6) is 2.07. The van der Waals surface area contributed by atoms with Crippen LogP contribution >= 0.6 is 7.14 Å². The van der Waals surface area contributed by atoms with Gasteiger partial charge in [-0.05, 0) is 42.2 Å². The van der Waals surface area contributed by atoms with E-state index in [1.807, 2.05) is 91.0 Å². The second kappa shape index (κ2) is 10.7. The van der Waals surface area contributed by atoms with Crippen LogP contribution < -0.4 is 20.1 Å². The molecule has 1 aliphatic heterocycles. The number of rotatable bonds is 6. The summed E-state index contributed by atoms with van der Waals surface area (Å²) in [4.78, 5) is 0. The van der Waals surface area contributed by atoms with Crippen LogP contribution in [0.15, 0.2) is 133 Å². The molecule has 0 aliphatic carbocycles. The van der Waals surface area contributed by atoms with E-state index in [1.54, 1.807) is 7.11 Å². The van der Waals surface area contributed by atoms with Crippen molar-refractivity contribution in [3.05, 3.63) is 161 Å². The smallest absolute Gasteiger partial charge is 0.157 e. The molecule has 5 aromatic rings. The van der Waals surface area contributed by atoms with Gasteiger partial charge in [-0.1, -0.05) is 115 Å². The summed E-state index contributed by atoms with van der Waals surface area (Å²) < 4.78 is 28.4. The van der Waals surface area contributed by atoms with Crippen molar-refractivity contribution in [2.45, 2.75) is 19.5 Å². The Morgan fingerprint density at radius 2 is 1.18 bits per heavy atom. The van der Waals surface area contributed by atoms with Crippen LogP contribution in [0.25, 0.3) is 5.57 Å². The molecule has 6 rings (SSSR count). The Morgan fingerprint density at radius 1 is 0.675 bits per heavy atom. The second-order valence-electron chi connectivity index (χ2n) is 10.1. The highest BCUT2D eigenvalue weighted by Crippen LogP contribution is 2.66. The van der Waals surface area contributed by atoms with Crippen LogP contribution in [0.4, 0.5) is 0 Å². The number of fused-ring (bicyclic) bond motifs is 1. The molecule has 0 radical (unpaired) electrons. The summed E-state index contributed by atoms with van der Waals surface area (Å²) in [6.07, 6.45) is 0. The van der Waals surface area contributed by atoms with Gasteiger partial charge < -0.3 is 14.0 Å². The van der Waals surface area contributed by atoms with Crippen molar-refractivity contribution in [3.8, 4) is 11.5 Å². The molecule has 198 valence electrons. The highest BCUT2D eigenvalue weighted by Gasteiger charge is 2.47. The summed E-state index contributed by atoms with van der Waals surface area (Å²) in [5.41, 5.74) is 5.69. The zero-order chi connectivity index (χ0) is 27.7. The van der Waals surface area contributed by atoms with E-state index in [-0.39, 0.29) is 0 Å². The molecule has 1 atom stereocenters. The molecule has 0 bridgehead atoms. The molecule has 0 N–H and O–H groups in total. The Balaban J connectivity index is 1.76. The monoisotopic (exact) mass is 542 g/mol. The lowest BCUT2D eigenvalue weighted by atomic mass is 9.89. The molecule has 0 saturated carbocycles. The van der Waals surface area contributed by atoms with Gasteiger partial charge in [0, 0.05) is 27.8 Å². The van der Waals surface area contributed by atoms with Crippen LogP contribution in [-0.4, -0.2) is 7.11 Å². The molecule has 0 amide bonds. The number of allylic oxidation sites excluding steroid dienone is 1. The number of benzene rings is 5. The predicted molar refractivity (Wildman–Crippen MR) is 165 cm³/mol. The summed E-state index contributed by atoms with van der Waals surface area (Å²) >= 11 is 0. The molecule has 1 heterocycles. The minimum absolute atomic E-state index is 0.535. The summed E-state index contributed by atoms with van der Waals surface area (Å²) in [6.45, 7) is 4.23. The van der Waals surface area contributed by atoms with Gasteiger partial charge in [0.25, 0.3) is 0 Å². The van der Waals surface area contributed by atoms with Crippen molar-refractivity contribution in [3.63, 3.8) is 0 Å². The van der Waals surface area contributed by atoms with Crippen LogP contribution in [0.3, 0.4) is 0 Å². The number of hydrogen-bond acceptors (Lipinski definition) is 3. The largest absolute Gasteiger partial charge is 0.497 e. The Morgan fingerprint density at radius 3 is 1.68 bits per heavy atom. The molecular weight excluding hydrogens is 511 g/mol. The van der Waals surface area contributed by atoms with Gasteiger partial charge in [0.15, 0.2) is 7.14 Å². The maximum Gasteiger partial charge on any atom is 0.157 e. The van der Waals surface area contributed by atoms with E-state index < -0.39 is 12.8 Å². The lowest BCUT2D eigenvalue weighted by Gasteiger charge is -2.28. The number of hydrogen-bond donors (Lipinski definition) is 0. The van der Waals surface area contributed by atoms with Gasteiger partial charge in [-0.2, -0.15) is 0 Å². The van der Waals surface area contributed by atoms with Crippen LogP contribution in [0.2, 0.25) is 0 Å². The van der Waals surface area contributed by atoms with Crippen molar-refractivity contribution >= 4 is 23.3 Å². The van der Waals surface area contributed by atoms with E-state index in [1.165, 1.54) is 0 Å². The molecule has 5 aromatic carbocycles. The molecule has 0 spiro atoms. The van der Waals surface area contributed by atoms with E-state index in [2.05, 4.69) is 50.2 Å². The highest BCUT2D eigenvalue weighted by atomic mass is 31.2. The topological polar surface area (TPSA) is 35.5 Å². The van der Waals surface area contributed by atoms with E-state index in [0.717, 1.165) is 44.0 Å². The second-order valence-corrected chi connectivity index (χ2v) is 13.0. The van der Waals surface area contributed by atoms with E-state index in [4.69, 9.17) is 9.47 Å². The van der Waals surface area contributed by atoms with Crippen LogP contribution in [0.1, 0.15) is 33.5 Å². The van der Waals surface area contributed by atoms with Gasteiger partial charge in [-0.3, -0.25) is 0 Å². The highest BCUT2D eigenvalue weighted by molar-refractivity contribution is 7.79. The Kier molecular flexibility index (Phi) is 6.92. The first-order valence-electron chi connectivity index (χ1n) is 13.5.